The molecule has 1 aromatic heterocycles. The lowest BCUT2D eigenvalue weighted by Crippen LogP contribution is -2.30. The summed E-state index contributed by atoms with van der Waals surface area (Å²) in [6.45, 7) is 12.2. The predicted octanol–water partition coefficient (Wildman–Crippen LogP) is 2.75. The number of nitrogens with zero attached hydrogens (tertiary/aromatic N) is 3. The zero-order valence-electron chi connectivity index (χ0n) is 12.9. The zero-order valence-corrected chi connectivity index (χ0v) is 13.7. The first-order chi connectivity index (χ1) is 9.65. The highest BCUT2D eigenvalue weighted by Gasteiger charge is 2.09. The van der Waals surface area contributed by atoms with E-state index >= 15 is 0 Å². The van der Waals surface area contributed by atoms with Crippen LogP contribution in [0.15, 0.2) is 12.1 Å². The van der Waals surface area contributed by atoms with Crippen molar-refractivity contribution < 1.29 is 0 Å². The number of hydrogen-bond acceptors (Lipinski definition) is 4. The fraction of sp³-hybridized carbons (Fsp3) is 0.667. The topological polar surface area (TPSA) is 45.4 Å². The van der Waals surface area contributed by atoms with E-state index in [0.29, 0.717) is 11.6 Å². The smallest absolute Gasteiger partial charge is 0.128 e. The Balaban J connectivity index is 2.62. The Labute approximate surface area is 127 Å². The van der Waals surface area contributed by atoms with Gasteiger partial charge in [0.05, 0.1) is 10.7 Å². The van der Waals surface area contributed by atoms with Crippen molar-refractivity contribution in [2.75, 3.05) is 37.6 Å². The number of hydrogen-bond donors (Lipinski definition) is 1. The molecule has 0 aromatic carbocycles. The molecule has 2 N–H and O–H groups in total. The van der Waals surface area contributed by atoms with Crippen molar-refractivity contribution in [2.24, 2.45) is 5.73 Å². The maximum absolute atomic E-state index is 6.06. The molecule has 20 heavy (non-hydrogen) atoms. The van der Waals surface area contributed by atoms with E-state index in [1.807, 2.05) is 12.1 Å². The Morgan fingerprint density at radius 1 is 1.10 bits per heavy atom. The van der Waals surface area contributed by atoms with Crippen molar-refractivity contribution in [1.29, 1.82) is 0 Å². The lowest BCUT2D eigenvalue weighted by molar-refractivity contribution is 0.300. The predicted molar refractivity (Wildman–Crippen MR) is 87.4 cm³/mol. The number of rotatable bonds is 9. The van der Waals surface area contributed by atoms with E-state index in [1.165, 1.54) is 0 Å². The van der Waals surface area contributed by atoms with E-state index in [-0.39, 0.29) is 0 Å². The summed E-state index contributed by atoms with van der Waals surface area (Å²) in [5.41, 5.74) is 6.43. The van der Waals surface area contributed by atoms with Crippen LogP contribution in [-0.4, -0.2) is 42.6 Å². The second-order valence-corrected chi connectivity index (χ2v) is 5.17. The van der Waals surface area contributed by atoms with Gasteiger partial charge in [0.2, 0.25) is 0 Å². The quantitative estimate of drug-likeness (QED) is 0.761. The molecule has 0 spiro atoms. The summed E-state index contributed by atoms with van der Waals surface area (Å²) in [4.78, 5) is 9.27. The third kappa shape index (κ3) is 4.93. The Bertz CT molecular complexity index is 393. The van der Waals surface area contributed by atoms with E-state index in [2.05, 4.69) is 35.6 Å². The second-order valence-electron chi connectivity index (χ2n) is 4.76. The molecule has 0 aliphatic heterocycles. The van der Waals surface area contributed by atoms with Gasteiger partial charge >= 0.3 is 0 Å². The van der Waals surface area contributed by atoms with Crippen LogP contribution in [0.4, 0.5) is 5.82 Å². The molecule has 0 aliphatic carbocycles. The molecule has 1 rings (SSSR count). The molecule has 0 unspecified atom stereocenters. The van der Waals surface area contributed by atoms with Gasteiger partial charge in [-0.25, -0.2) is 4.98 Å². The molecule has 1 heterocycles. The van der Waals surface area contributed by atoms with Crippen LogP contribution < -0.4 is 10.6 Å². The van der Waals surface area contributed by atoms with Gasteiger partial charge in [-0.05, 0) is 45.1 Å². The average Bonchev–Trinajstić information content (AvgIpc) is 2.48. The van der Waals surface area contributed by atoms with Gasteiger partial charge in [0.25, 0.3) is 0 Å². The van der Waals surface area contributed by atoms with Crippen LogP contribution in [0, 0.1) is 0 Å². The summed E-state index contributed by atoms with van der Waals surface area (Å²) in [7, 11) is 0. The molecule has 0 bridgehead atoms. The highest BCUT2D eigenvalue weighted by atomic mass is 35.5. The van der Waals surface area contributed by atoms with Crippen LogP contribution in [0.25, 0.3) is 0 Å². The second kappa shape index (κ2) is 9.16. The molecule has 114 valence electrons. The normalized spacial score (nSPS) is 11.1. The molecular formula is C15H27ClN4. The fourth-order valence-corrected chi connectivity index (χ4v) is 2.43. The Kier molecular flexibility index (Phi) is 7.88. The first kappa shape index (κ1) is 17.2. The lowest BCUT2D eigenvalue weighted by Gasteiger charge is -2.25. The van der Waals surface area contributed by atoms with Crippen LogP contribution in [0.1, 0.15) is 32.9 Å². The largest absolute Gasteiger partial charge is 0.357 e. The summed E-state index contributed by atoms with van der Waals surface area (Å²) in [5.74, 6) is 0.969. The van der Waals surface area contributed by atoms with Gasteiger partial charge in [-0.1, -0.05) is 25.4 Å². The minimum atomic E-state index is 0.379. The summed E-state index contributed by atoms with van der Waals surface area (Å²) >= 11 is 6.06. The van der Waals surface area contributed by atoms with Gasteiger partial charge in [-0.2, -0.15) is 0 Å². The van der Waals surface area contributed by atoms with Crippen molar-refractivity contribution in [3.05, 3.63) is 22.8 Å². The number of anilines is 1. The first-order valence-electron chi connectivity index (χ1n) is 7.48. The molecular weight excluding hydrogens is 272 g/mol. The molecule has 0 fully saturated rings. The standard InChI is InChI=1S/C15H27ClN4/c1-4-19(5-2)10-7-11-20(6-3)15-9-8-13(16)14(12-17)18-15/h8-9H,4-7,10-12,17H2,1-3H3. The van der Waals surface area contributed by atoms with E-state index in [0.717, 1.165) is 50.7 Å². The number of pyridine rings is 1. The van der Waals surface area contributed by atoms with E-state index in [4.69, 9.17) is 17.3 Å². The van der Waals surface area contributed by atoms with Crippen molar-refractivity contribution in [1.82, 2.24) is 9.88 Å². The Hall–Kier alpha value is -0.840. The maximum Gasteiger partial charge on any atom is 0.128 e. The van der Waals surface area contributed by atoms with Gasteiger partial charge in [-0.3, -0.25) is 0 Å². The van der Waals surface area contributed by atoms with Crippen molar-refractivity contribution >= 4 is 17.4 Å². The maximum atomic E-state index is 6.06. The number of nitrogens with two attached hydrogens (primary N) is 1. The van der Waals surface area contributed by atoms with Crippen LogP contribution in [0.2, 0.25) is 5.02 Å². The van der Waals surface area contributed by atoms with Crippen molar-refractivity contribution in [3.63, 3.8) is 0 Å². The summed E-state index contributed by atoms with van der Waals surface area (Å²) in [6, 6.07) is 3.86. The highest BCUT2D eigenvalue weighted by Crippen LogP contribution is 2.19. The van der Waals surface area contributed by atoms with Gasteiger partial charge < -0.3 is 15.5 Å². The molecule has 1 aromatic rings. The van der Waals surface area contributed by atoms with Gasteiger partial charge in [-0.15, -0.1) is 0 Å². The molecule has 0 atom stereocenters. The van der Waals surface area contributed by atoms with Gasteiger partial charge in [0.1, 0.15) is 5.82 Å². The number of aromatic nitrogens is 1. The molecule has 0 radical (unpaired) electrons. The summed E-state index contributed by atoms with van der Waals surface area (Å²) in [5, 5.41) is 0.649. The molecule has 4 nitrogen and oxygen atoms in total. The summed E-state index contributed by atoms with van der Waals surface area (Å²) in [6.07, 6.45) is 1.14. The van der Waals surface area contributed by atoms with Crippen molar-refractivity contribution in [2.45, 2.75) is 33.7 Å². The van der Waals surface area contributed by atoms with E-state index in [9.17, 15) is 0 Å². The molecule has 0 saturated carbocycles. The van der Waals surface area contributed by atoms with Crippen LogP contribution in [0.3, 0.4) is 0 Å². The third-order valence-electron chi connectivity index (χ3n) is 3.60. The van der Waals surface area contributed by atoms with Gasteiger partial charge in [0, 0.05) is 19.6 Å². The SMILES string of the molecule is CCN(CC)CCCN(CC)c1ccc(Cl)c(CN)n1. The van der Waals surface area contributed by atoms with E-state index < -0.39 is 0 Å². The van der Waals surface area contributed by atoms with E-state index in [1.54, 1.807) is 0 Å². The third-order valence-corrected chi connectivity index (χ3v) is 3.94. The van der Waals surface area contributed by atoms with Crippen molar-refractivity contribution in [3.8, 4) is 0 Å². The summed E-state index contributed by atoms with van der Waals surface area (Å²) < 4.78 is 0. The van der Waals surface area contributed by atoms with Crippen LogP contribution in [0.5, 0.6) is 0 Å². The zero-order chi connectivity index (χ0) is 15.0. The fourth-order valence-electron chi connectivity index (χ4n) is 2.25. The minimum absolute atomic E-state index is 0.379. The molecule has 0 amide bonds. The minimum Gasteiger partial charge on any atom is -0.357 e. The van der Waals surface area contributed by atoms with Crippen LogP contribution in [-0.2, 0) is 6.54 Å². The highest BCUT2D eigenvalue weighted by molar-refractivity contribution is 6.31. The average molecular weight is 299 g/mol. The Morgan fingerprint density at radius 2 is 1.80 bits per heavy atom. The lowest BCUT2D eigenvalue weighted by atomic mass is 10.3. The van der Waals surface area contributed by atoms with Crippen LogP contribution >= 0.6 is 11.6 Å². The molecule has 0 aliphatic rings. The first-order valence-corrected chi connectivity index (χ1v) is 7.86. The Morgan fingerprint density at radius 3 is 2.35 bits per heavy atom. The molecule has 5 heteroatoms. The molecule has 0 saturated heterocycles. The monoisotopic (exact) mass is 298 g/mol. The number of halogens is 1. The van der Waals surface area contributed by atoms with Gasteiger partial charge in [0.15, 0.2) is 0 Å².